The Morgan fingerprint density at radius 3 is 2.47 bits per heavy atom. The fourth-order valence-corrected chi connectivity index (χ4v) is 5.86. The summed E-state index contributed by atoms with van der Waals surface area (Å²) >= 11 is 0. The average Bonchev–Trinajstić information content (AvgIpc) is 3.04. The Kier molecular flexibility index (Phi) is 5.95. The summed E-state index contributed by atoms with van der Waals surface area (Å²) in [6.07, 6.45) is 3.81. The van der Waals surface area contributed by atoms with Crippen molar-refractivity contribution in [3.63, 3.8) is 0 Å². The highest BCUT2D eigenvalue weighted by Gasteiger charge is 2.47. The van der Waals surface area contributed by atoms with Crippen LogP contribution in [-0.2, 0) is 31.6 Å². The third kappa shape index (κ3) is 4.29. The van der Waals surface area contributed by atoms with Crippen molar-refractivity contribution in [1.82, 2.24) is 9.62 Å². The number of hydrogen-bond donors (Lipinski definition) is 1. The van der Waals surface area contributed by atoms with Crippen LogP contribution in [0.1, 0.15) is 42.0 Å². The summed E-state index contributed by atoms with van der Waals surface area (Å²) in [5.41, 5.74) is 3.07. The number of fused-ring (bicyclic) bond motifs is 2. The maximum absolute atomic E-state index is 12.7. The lowest BCUT2D eigenvalue weighted by molar-refractivity contribution is -0.145. The molecule has 1 spiro atoms. The van der Waals surface area contributed by atoms with Gasteiger partial charge in [0, 0.05) is 0 Å². The number of sulfonamides is 1. The van der Waals surface area contributed by atoms with E-state index in [9.17, 15) is 13.2 Å². The van der Waals surface area contributed by atoms with Gasteiger partial charge in [0.25, 0.3) is 0 Å². The molecule has 0 bridgehead atoms. The lowest BCUT2D eigenvalue weighted by Gasteiger charge is -2.36. The second-order valence-corrected chi connectivity index (χ2v) is 10.2. The quantitative estimate of drug-likeness (QED) is 0.716. The van der Waals surface area contributed by atoms with Crippen LogP contribution in [0.2, 0.25) is 0 Å². The van der Waals surface area contributed by atoms with Crippen molar-refractivity contribution in [2.45, 2.75) is 37.3 Å². The lowest BCUT2D eigenvalue weighted by Crippen LogP contribution is -2.41. The van der Waals surface area contributed by atoms with Crippen LogP contribution in [0.15, 0.2) is 54.6 Å². The van der Waals surface area contributed by atoms with E-state index in [-0.39, 0.29) is 24.6 Å². The monoisotopic (exact) mass is 428 g/mol. The van der Waals surface area contributed by atoms with Crippen LogP contribution < -0.4 is 5.32 Å². The van der Waals surface area contributed by atoms with Gasteiger partial charge in [-0.1, -0.05) is 54.6 Å². The Morgan fingerprint density at radius 2 is 1.77 bits per heavy atom. The Labute approximate surface area is 178 Å². The predicted octanol–water partition coefficient (Wildman–Crippen LogP) is 2.76. The molecule has 1 atom stereocenters. The number of piperidine rings is 1. The van der Waals surface area contributed by atoms with Gasteiger partial charge in [-0.3, -0.25) is 4.79 Å². The van der Waals surface area contributed by atoms with E-state index in [1.165, 1.54) is 16.1 Å². The highest BCUT2D eigenvalue weighted by molar-refractivity contribution is 7.88. The summed E-state index contributed by atoms with van der Waals surface area (Å²) in [7, 11) is -3.61. The van der Waals surface area contributed by atoms with Crippen molar-refractivity contribution >= 4 is 16.0 Å². The third-order valence-electron chi connectivity index (χ3n) is 6.34. The number of nitrogens with one attached hydrogen (secondary N) is 1. The smallest absolute Gasteiger partial charge is 0.321 e. The van der Waals surface area contributed by atoms with Gasteiger partial charge in [0.05, 0.1) is 12.3 Å². The molecule has 160 valence electrons. The fraction of sp³-hybridized carbons (Fsp3) is 0.435. The maximum atomic E-state index is 12.7. The molecule has 1 saturated heterocycles. The second-order valence-electron chi connectivity index (χ2n) is 8.29. The zero-order valence-electron chi connectivity index (χ0n) is 17.2. The molecule has 0 aromatic heterocycles. The molecule has 1 fully saturated rings. The van der Waals surface area contributed by atoms with E-state index in [2.05, 4.69) is 11.4 Å². The molecule has 30 heavy (non-hydrogen) atoms. The second kappa shape index (κ2) is 8.49. The number of hydrogen-bond acceptors (Lipinski definition) is 5. The molecule has 2 aromatic rings. The van der Waals surface area contributed by atoms with Gasteiger partial charge in [-0.15, -0.1) is 0 Å². The van der Waals surface area contributed by atoms with Gasteiger partial charge in [-0.05, 0) is 54.5 Å². The minimum Gasteiger partial charge on any atom is -0.460 e. The number of nitrogens with zero attached hydrogens (tertiary/aromatic N) is 1. The van der Waals surface area contributed by atoms with E-state index >= 15 is 0 Å². The minimum atomic E-state index is -3.61. The molecule has 0 saturated carbocycles. The van der Waals surface area contributed by atoms with Crippen molar-refractivity contribution in [2.75, 3.05) is 25.9 Å². The van der Waals surface area contributed by atoms with Crippen molar-refractivity contribution in [3.8, 4) is 0 Å². The van der Waals surface area contributed by atoms with E-state index in [0.29, 0.717) is 6.42 Å². The summed E-state index contributed by atoms with van der Waals surface area (Å²) in [4.78, 5) is 12.6. The lowest BCUT2D eigenvalue weighted by atomic mass is 9.74. The Bertz CT molecular complexity index is 1000. The summed E-state index contributed by atoms with van der Waals surface area (Å²) in [6.45, 7) is 1.69. The Morgan fingerprint density at radius 1 is 1.10 bits per heavy atom. The van der Waals surface area contributed by atoms with Crippen LogP contribution in [0.5, 0.6) is 0 Å². The van der Waals surface area contributed by atoms with Crippen LogP contribution in [0, 0.1) is 0 Å². The number of esters is 1. The number of carbonyl (C=O) groups is 1. The van der Waals surface area contributed by atoms with Gasteiger partial charge < -0.3 is 10.1 Å². The van der Waals surface area contributed by atoms with Crippen LogP contribution >= 0.6 is 0 Å². The number of carbonyl (C=O) groups excluding carboxylic acids is 1. The molecular weight excluding hydrogens is 400 g/mol. The first-order valence-corrected chi connectivity index (χ1v) is 12.2. The normalized spacial score (nSPS) is 20.3. The standard InChI is InChI=1S/C23H28N2O4S/c1-30(27,28)25(16-22(26)29-17-18-7-3-2-4-8-18)21-15-23(11-13-24-14-12-23)20-10-6-5-9-19(20)21/h2-10,21,24H,11-17H2,1H3. The van der Waals surface area contributed by atoms with E-state index in [0.717, 1.165) is 37.1 Å². The first-order valence-electron chi connectivity index (χ1n) is 10.4. The van der Waals surface area contributed by atoms with E-state index < -0.39 is 16.0 Å². The van der Waals surface area contributed by atoms with E-state index in [1.54, 1.807) is 0 Å². The average molecular weight is 429 g/mol. The molecule has 1 heterocycles. The number of ether oxygens (including phenoxy) is 1. The van der Waals surface area contributed by atoms with Crippen LogP contribution in [0.3, 0.4) is 0 Å². The zero-order valence-corrected chi connectivity index (χ0v) is 18.0. The molecule has 2 aliphatic rings. The van der Waals surface area contributed by atoms with Crippen molar-refractivity contribution < 1.29 is 17.9 Å². The number of rotatable bonds is 6. The summed E-state index contributed by atoms with van der Waals surface area (Å²) in [5, 5.41) is 3.40. The summed E-state index contributed by atoms with van der Waals surface area (Å²) in [5.74, 6) is -0.534. The highest BCUT2D eigenvalue weighted by Crippen LogP contribution is 2.52. The van der Waals surface area contributed by atoms with Crippen molar-refractivity contribution in [3.05, 3.63) is 71.3 Å². The maximum Gasteiger partial charge on any atom is 0.321 e. The molecule has 6 nitrogen and oxygen atoms in total. The minimum absolute atomic E-state index is 0.0383. The molecule has 1 unspecified atom stereocenters. The molecule has 4 rings (SSSR count). The number of benzene rings is 2. The highest BCUT2D eigenvalue weighted by atomic mass is 32.2. The van der Waals surface area contributed by atoms with Crippen LogP contribution in [-0.4, -0.2) is 44.6 Å². The Balaban J connectivity index is 1.56. The van der Waals surface area contributed by atoms with Crippen LogP contribution in [0.25, 0.3) is 0 Å². The summed E-state index contributed by atoms with van der Waals surface area (Å²) in [6, 6.07) is 17.1. The first kappa shape index (κ1) is 21.0. The van der Waals surface area contributed by atoms with Gasteiger partial charge in [-0.2, -0.15) is 4.31 Å². The van der Waals surface area contributed by atoms with E-state index in [1.807, 2.05) is 48.5 Å². The molecule has 1 N–H and O–H groups in total. The largest absolute Gasteiger partial charge is 0.460 e. The zero-order chi connectivity index (χ0) is 21.2. The van der Waals surface area contributed by atoms with Crippen LogP contribution in [0.4, 0.5) is 0 Å². The van der Waals surface area contributed by atoms with Gasteiger partial charge in [0.2, 0.25) is 10.0 Å². The first-order chi connectivity index (χ1) is 14.4. The molecular formula is C23H28N2O4S. The molecule has 7 heteroatoms. The van der Waals surface area contributed by atoms with E-state index in [4.69, 9.17) is 4.74 Å². The summed E-state index contributed by atoms with van der Waals surface area (Å²) < 4.78 is 32.1. The molecule has 0 radical (unpaired) electrons. The molecule has 1 aliphatic carbocycles. The van der Waals surface area contributed by atoms with Crippen molar-refractivity contribution in [2.24, 2.45) is 0 Å². The van der Waals surface area contributed by atoms with Gasteiger partial charge in [-0.25, -0.2) is 8.42 Å². The van der Waals surface area contributed by atoms with Gasteiger partial charge >= 0.3 is 5.97 Å². The molecule has 1 aliphatic heterocycles. The van der Waals surface area contributed by atoms with Crippen molar-refractivity contribution in [1.29, 1.82) is 0 Å². The third-order valence-corrected chi connectivity index (χ3v) is 7.57. The fourth-order valence-electron chi connectivity index (χ4n) is 4.87. The SMILES string of the molecule is CS(=O)(=O)N(CC(=O)OCc1ccccc1)C1CC2(CCNCC2)c2ccccc21. The molecule has 0 amide bonds. The van der Waals surface area contributed by atoms with Gasteiger partial charge in [0.1, 0.15) is 13.2 Å². The van der Waals surface area contributed by atoms with Gasteiger partial charge in [0.15, 0.2) is 0 Å². The molecule has 2 aromatic carbocycles. The predicted molar refractivity (Wildman–Crippen MR) is 115 cm³/mol. The Hall–Kier alpha value is -2.22. The topological polar surface area (TPSA) is 75.7 Å².